The molecule has 0 aliphatic carbocycles. The number of phenolic OH excluding ortho intramolecular Hbond substituents is 1. The standard InChI is InChI=1S/C17H14N2O3S/c1-22-15-8-3-2-7-13(15)16(21)19-17-18-14(10-23-17)11-5-4-6-12(20)9-11/h2-10,20H,1H3,(H,18,19,21). The molecule has 0 atom stereocenters. The number of amides is 1. The van der Waals surface area contributed by atoms with Gasteiger partial charge in [-0.2, -0.15) is 0 Å². The summed E-state index contributed by atoms with van der Waals surface area (Å²) in [4.78, 5) is 16.7. The molecular formula is C17H14N2O3S. The van der Waals surface area contributed by atoms with E-state index in [2.05, 4.69) is 10.3 Å². The van der Waals surface area contributed by atoms with Gasteiger partial charge in [0, 0.05) is 10.9 Å². The predicted octanol–water partition coefficient (Wildman–Crippen LogP) is 3.78. The van der Waals surface area contributed by atoms with E-state index in [0.717, 1.165) is 5.56 Å². The number of ether oxygens (including phenoxy) is 1. The summed E-state index contributed by atoms with van der Waals surface area (Å²) in [5.74, 6) is 0.407. The zero-order chi connectivity index (χ0) is 16.2. The lowest BCUT2D eigenvalue weighted by Crippen LogP contribution is -2.12. The van der Waals surface area contributed by atoms with E-state index in [1.54, 1.807) is 42.5 Å². The van der Waals surface area contributed by atoms with Gasteiger partial charge in [-0.1, -0.05) is 24.3 Å². The first-order chi connectivity index (χ1) is 11.2. The van der Waals surface area contributed by atoms with Crippen LogP contribution in [0.15, 0.2) is 53.9 Å². The van der Waals surface area contributed by atoms with Crippen molar-refractivity contribution in [1.29, 1.82) is 0 Å². The maximum absolute atomic E-state index is 12.3. The third kappa shape index (κ3) is 3.32. The van der Waals surface area contributed by atoms with Crippen LogP contribution in [0.1, 0.15) is 10.4 Å². The minimum atomic E-state index is -0.278. The van der Waals surface area contributed by atoms with Crippen LogP contribution in [0.2, 0.25) is 0 Å². The Balaban J connectivity index is 1.80. The van der Waals surface area contributed by atoms with Crippen molar-refractivity contribution >= 4 is 22.4 Å². The molecule has 1 aromatic heterocycles. The van der Waals surface area contributed by atoms with E-state index in [1.807, 2.05) is 11.4 Å². The van der Waals surface area contributed by atoms with Crippen LogP contribution in [0.25, 0.3) is 11.3 Å². The van der Waals surface area contributed by atoms with Crippen LogP contribution in [-0.4, -0.2) is 23.1 Å². The second kappa shape index (κ2) is 6.50. The lowest BCUT2D eigenvalue weighted by atomic mass is 10.2. The van der Waals surface area contributed by atoms with Crippen molar-refractivity contribution in [3.63, 3.8) is 0 Å². The SMILES string of the molecule is COc1ccccc1C(=O)Nc1nc(-c2cccc(O)c2)cs1. The van der Waals surface area contributed by atoms with Crippen molar-refractivity contribution in [2.75, 3.05) is 12.4 Å². The molecule has 0 radical (unpaired) electrons. The molecule has 1 amide bonds. The molecule has 2 aromatic carbocycles. The van der Waals surface area contributed by atoms with Crippen molar-refractivity contribution in [2.24, 2.45) is 0 Å². The summed E-state index contributed by atoms with van der Waals surface area (Å²) >= 11 is 1.32. The van der Waals surface area contributed by atoms with Crippen LogP contribution >= 0.6 is 11.3 Å². The van der Waals surface area contributed by atoms with Gasteiger partial charge >= 0.3 is 0 Å². The summed E-state index contributed by atoms with van der Waals surface area (Å²) in [7, 11) is 1.52. The van der Waals surface area contributed by atoms with Gasteiger partial charge in [0.1, 0.15) is 11.5 Å². The molecule has 0 bridgehead atoms. The van der Waals surface area contributed by atoms with Gasteiger partial charge in [-0.25, -0.2) is 4.98 Å². The van der Waals surface area contributed by atoms with Gasteiger partial charge in [-0.15, -0.1) is 11.3 Å². The number of nitrogens with zero attached hydrogens (tertiary/aromatic N) is 1. The van der Waals surface area contributed by atoms with E-state index in [0.29, 0.717) is 22.1 Å². The number of thiazole rings is 1. The van der Waals surface area contributed by atoms with Crippen molar-refractivity contribution in [1.82, 2.24) is 4.98 Å². The van der Waals surface area contributed by atoms with Gasteiger partial charge in [-0.3, -0.25) is 10.1 Å². The van der Waals surface area contributed by atoms with Gasteiger partial charge in [0.05, 0.1) is 18.4 Å². The smallest absolute Gasteiger partial charge is 0.261 e. The van der Waals surface area contributed by atoms with Crippen molar-refractivity contribution in [2.45, 2.75) is 0 Å². The minimum absolute atomic E-state index is 0.176. The first-order valence-electron chi connectivity index (χ1n) is 6.86. The average Bonchev–Trinajstić information content (AvgIpc) is 3.03. The first kappa shape index (κ1) is 15.1. The van der Waals surface area contributed by atoms with Gasteiger partial charge < -0.3 is 9.84 Å². The molecule has 0 saturated heterocycles. The number of aromatic hydroxyl groups is 1. The Morgan fingerprint density at radius 2 is 2.04 bits per heavy atom. The molecule has 0 fully saturated rings. The summed E-state index contributed by atoms with van der Waals surface area (Å²) in [6.07, 6.45) is 0. The number of hydrogen-bond acceptors (Lipinski definition) is 5. The highest BCUT2D eigenvalue weighted by molar-refractivity contribution is 7.14. The molecule has 0 aliphatic heterocycles. The lowest BCUT2D eigenvalue weighted by Gasteiger charge is -2.07. The molecule has 0 unspecified atom stereocenters. The van der Waals surface area contributed by atoms with Gasteiger partial charge in [-0.05, 0) is 24.3 Å². The number of aromatic nitrogens is 1. The number of methoxy groups -OCH3 is 1. The number of phenols is 1. The third-order valence-electron chi connectivity index (χ3n) is 3.22. The van der Waals surface area contributed by atoms with Gasteiger partial charge in [0.25, 0.3) is 5.91 Å². The highest BCUT2D eigenvalue weighted by Gasteiger charge is 2.14. The van der Waals surface area contributed by atoms with Gasteiger partial charge in [0.15, 0.2) is 5.13 Å². The van der Waals surface area contributed by atoms with Crippen LogP contribution < -0.4 is 10.1 Å². The summed E-state index contributed by atoms with van der Waals surface area (Å²) in [5, 5.41) is 14.6. The number of nitrogens with one attached hydrogen (secondary N) is 1. The van der Waals surface area contributed by atoms with E-state index in [-0.39, 0.29) is 11.7 Å². The molecule has 0 saturated carbocycles. The zero-order valence-electron chi connectivity index (χ0n) is 12.3. The predicted molar refractivity (Wildman–Crippen MR) is 90.2 cm³/mol. The maximum Gasteiger partial charge on any atom is 0.261 e. The molecule has 6 heteroatoms. The molecule has 3 aromatic rings. The van der Waals surface area contributed by atoms with Crippen molar-refractivity contribution in [3.05, 3.63) is 59.5 Å². The highest BCUT2D eigenvalue weighted by Crippen LogP contribution is 2.28. The Labute approximate surface area is 137 Å². The fourth-order valence-electron chi connectivity index (χ4n) is 2.13. The number of para-hydroxylation sites is 1. The first-order valence-corrected chi connectivity index (χ1v) is 7.74. The molecule has 116 valence electrons. The number of carbonyl (C=O) groups excluding carboxylic acids is 1. The third-order valence-corrected chi connectivity index (χ3v) is 3.98. The van der Waals surface area contributed by atoms with Gasteiger partial charge in [0.2, 0.25) is 0 Å². The van der Waals surface area contributed by atoms with Crippen molar-refractivity contribution in [3.8, 4) is 22.8 Å². The molecule has 0 spiro atoms. The second-order valence-electron chi connectivity index (χ2n) is 4.74. The highest BCUT2D eigenvalue weighted by atomic mass is 32.1. The molecule has 5 nitrogen and oxygen atoms in total. The molecule has 23 heavy (non-hydrogen) atoms. The number of carbonyl (C=O) groups is 1. The molecule has 3 rings (SSSR count). The fraction of sp³-hybridized carbons (Fsp3) is 0.0588. The van der Waals surface area contributed by atoms with Crippen LogP contribution in [0.3, 0.4) is 0 Å². The molecule has 2 N–H and O–H groups in total. The number of rotatable bonds is 4. The zero-order valence-corrected chi connectivity index (χ0v) is 13.1. The van der Waals surface area contributed by atoms with Crippen LogP contribution in [-0.2, 0) is 0 Å². The fourth-order valence-corrected chi connectivity index (χ4v) is 2.84. The number of anilines is 1. The van der Waals surface area contributed by atoms with Crippen LogP contribution in [0.5, 0.6) is 11.5 Å². The average molecular weight is 326 g/mol. The second-order valence-corrected chi connectivity index (χ2v) is 5.60. The summed E-state index contributed by atoms with van der Waals surface area (Å²) < 4.78 is 5.19. The summed E-state index contributed by atoms with van der Waals surface area (Å²) in [6, 6.07) is 13.8. The number of hydrogen-bond donors (Lipinski definition) is 2. The Morgan fingerprint density at radius 3 is 2.83 bits per heavy atom. The van der Waals surface area contributed by atoms with Crippen LogP contribution in [0.4, 0.5) is 5.13 Å². The molecule has 1 heterocycles. The van der Waals surface area contributed by atoms with E-state index in [1.165, 1.54) is 18.4 Å². The van der Waals surface area contributed by atoms with E-state index < -0.39 is 0 Å². The Kier molecular flexibility index (Phi) is 4.25. The Morgan fingerprint density at radius 1 is 1.22 bits per heavy atom. The Bertz CT molecular complexity index is 845. The van der Waals surface area contributed by atoms with E-state index in [4.69, 9.17) is 4.74 Å². The molecule has 0 aliphatic rings. The normalized spacial score (nSPS) is 10.3. The quantitative estimate of drug-likeness (QED) is 0.765. The number of benzene rings is 2. The Hall–Kier alpha value is -2.86. The van der Waals surface area contributed by atoms with E-state index in [9.17, 15) is 9.90 Å². The van der Waals surface area contributed by atoms with E-state index >= 15 is 0 Å². The van der Waals surface area contributed by atoms with Crippen LogP contribution in [0, 0.1) is 0 Å². The summed E-state index contributed by atoms with van der Waals surface area (Å²) in [6.45, 7) is 0. The van der Waals surface area contributed by atoms with Crippen molar-refractivity contribution < 1.29 is 14.6 Å². The maximum atomic E-state index is 12.3. The minimum Gasteiger partial charge on any atom is -0.508 e. The summed E-state index contributed by atoms with van der Waals surface area (Å²) in [5.41, 5.74) is 1.93. The topological polar surface area (TPSA) is 71.5 Å². The largest absolute Gasteiger partial charge is 0.508 e. The lowest BCUT2D eigenvalue weighted by molar-refractivity contribution is 0.102. The monoisotopic (exact) mass is 326 g/mol. The molecular weight excluding hydrogens is 312 g/mol.